The summed E-state index contributed by atoms with van der Waals surface area (Å²) in [6, 6.07) is 2.41. The normalized spacial score (nSPS) is 19.1. The molecule has 0 bridgehead atoms. The molecular formula is C13H15FN4O2. The minimum Gasteiger partial charge on any atom is -0.494 e. The molecule has 106 valence electrons. The van der Waals surface area contributed by atoms with Crippen molar-refractivity contribution in [2.45, 2.75) is 12.5 Å². The number of carbonyl (C=O) groups is 1. The van der Waals surface area contributed by atoms with Crippen molar-refractivity contribution in [1.82, 2.24) is 14.5 Å². The summed E-state index contributed by atoms with van der Waals surface area (Å²) in [7, 11) is 3.14. The minimum absolute atomic E-state index is 0.0145. The van der Waals surface area contributed by atoms with E-state index in [2.05, 4.69) is 4.98 Å². The Hall–Kier alpha value is -2.31. The molecule has 7 heteroatoms. The number of imidazole rings is 1. The van der Waals surface area contributed by atoms with Gasteiger partial charge in [-0.1, -0.05) is 0 Å². The number of nitrogens with zero attached hydrogens (tertiary/aromatic N) is 3. The Labute approximate surface area is 114 Å². The number of likely N-dealkylation sites (N-methyl/N-ethyl adjacent to an activating group) is 1. The molecule has 0 saturated carbocycles. The summed E-state index contributed by atoms with van der Waals surface area (Å²) >= 11 is 0. The first-order valence-electron chi connectivity index (χ1n) is 6.29. The number of aromatic nitrogens is 2. The first kappa shape index (κ1) is 12.7. The van der Waals surface area contributed by atoms with Crippen LogP contribution in [-0.4, -0.2) is 41.1 Å². The van der Waals surface area contributed by atoms with Gasteiger partial charge in [-0.2, -0.15) is 0 Å². The van der Waals surface area contributed by atoms with E-state index in [4.69, 9.17) is 10.5 Å². The monoisotopic (exact) mass is 278 g/mol. The number of carbonyl (C=O) groups excluding carboxylic acids is 1. The number of fused-ring (bicyclic) bond motifs is 1. The highest BCUT2D eigenvalue weighted by Crippen LogP contribution is 2.32. The van der Waals surface area contributed by atoms with Gasteiger partial charge in [0, 0.05) is 25.7 Å². The number of amides is 1. The zero-order valence-electron chi connectivity index (χ0n) is 11.3. The van der Waals surface area contributed by atoms with E-state index in [1.165, 1.54) is 19.2 Å². The molecule has 3 rings (SSSR count). The van der Waals surface area contributed by atoms with E-state index in [1.54, 1.807) is 16.5 Å². The van der Waals surface area contributed by atoms with Gasteiger partial charge in [-0.3, -0.25) is 9.36 Å². The summed E-state index contributed by atoms with van der Waals surface area (Å²) in [5.74, 6) is -0.197. The molecule has 1 unspecified atom stereocenters. The fraction of sp³-hybridized carbons (Fsp3) is 0.385. The zero-order valence-corrected chi connectivity index (χ0v) is 11.3. The van der Waals surface area contributed by atoms with Gasteiger partial charge in [-0.25, -0.2) is 9.37 Å². The first-order chi connectivity index (χ1) is 9.52. The van der Waals surface area contributed by atoms with Crippen LogP contribution in [0.1, 0.15) is 12.5 Å². The van der Waals surface area contributed by atoms with E-state index in [-0.39, 0.29) is 23.6 Å². The highest BCUT2D eigenvalue weighted by molar-refractivity contribution is 5.87. The van der Waals surface area contributed by atoms with Gasteiger partial charge in [-0.15, -0.1) is 0 Å². The van der Waals surface area contributed by atoms with E-state index < -0.39 is 5.82 Å². The summed E-state index contributed by atoms with van der Waals surface area (Å²) in [6.07, 6.45) is 0.657. The largest absolute Gasteiger partial charge is 0.494 e. The molecule has 6 nitrogen and oxygen atoms in total. The highest BCUT2D eigenvalue weighted by Gasteiger charge is 2.33. The smallest absolute Gasteiger partial charge is 0.245 e. The van der Waals surface area contributed by atoms with Crippen molar-refractivity contribution >= 4 is 22.9 Å². The van der Waals surface area contributed by atoms with E-state index in [0.29, 0.717) is 24.0 Å². The number of hydrogen-bond donors (Lipinski definition) is 1. The molecule has 0 radical (unpaired) electrons. The van der Waals surface area contributed by atoms with Crippen LogP contribution in [0.25, 0.3) is 11.0 Å². The molecule has 20 heavy (non-hydrogen) atoms. The van der Waals surface area contributed by atoms with Crippen LogP contribution in [0.2, 0.25) is 0 Å². The standard InChI is InChI=1S/C13H15FN4O2/c1-17-4-3-9(12(17)19)18-10-6-11(20-2)7(14)5-8(10)16-13(18)15/h5-6,9H,3-4H2,1-2H3,(H2,15,16). The van der Waals surface area contributed by atoms with Gasteiger partial charge < -0.3 is 15.4 Å². The average molecular weight is 278 g/mol. The molecular weight excluding hydrogens is 263 g/mol. The molecule has 0 aliphatic carbocycles. The predicted octanol–water partition coefficient (Wildman–Crippen LogP) is 1.17. The van der Waals surface area contributed by atoms with Gasteiger partial charge in [-0.05, 0) is 6.42 Å². The summed E-state index contributed by atoms with van der Waals surface area (Å²) in [5.41, 5.74) is 6.93. The van der Waals surface area contributed by atoms with Crippen LogP contribution < -0.4 is 10.5 Å². The molecule has 1 fully saturated rings. The van der Waals surface area contributed by atoms with Crippen molar-refractivity contribution in [1.29, 1.82) is 0 Å². The maximum atomic E-state index is 13.7. The van der Waals surface area contributed by atoms with Crippen LogP contribution in [0.3, 0.4) is 0 Å². The molecule has 1 aromatic heterocycles. The van der Waals surface area contributed by atoms with Crippen LogP contribution >= 0.6 is 0 Å². The predicted molar refractivity (Wildman–Crippen MR) is 71.9 cm³/mol. The highest BCUT2D eigenvalue weighted by atomic mass is 19.1. The number of rotatable bonds is 2. The van der Waals surface area contributed by atoms with Gasteiger partial charge in [0.2, 0.25) is 11.9 Å². The molecule has 1 saturated heterocycles. The van der Waals surface area contributed by atoms with Crippen molar-refractivity contribution in [3.05, 3.63) is 17.9 Å². The number of nitrogens with two attached hydrogens (primary N) is 1. The maximum Gasteiger partial charge on any atom is 0.245 e. The topological polar surface area (TPSA) is 73.4 Å². The fourth-order valence-electron chi connectivity index (χ4n) is 2.64. The molecule has 1 atom stereocenters. The summed E-state index contributed by atoms with van der Waals surface area (Å²) < 4.78 is 20.3. The molecule has 2 aromatic rings. The van der Waals surface area contributed by atoms with Crippen LogP contribution in [0.4, 0.5) is 10.3 Å². The van der Waals surface area contributed by atoms with Crippen molar-refractivity contribution in [2.75, 3.05) is 26.4 Å². The second-order valence-corrected chi connectivity index (χ2v) is 4.88. The Morgan fingerprint density at radius 3 is 2.85 bits per heavy atom. The number of anilines is 1. The second kappa shape index (κ2) is 4.36. The first-order valence-corrected chi connectivity index (χ1v) is 6.29. The van der Waals surface area contributed by atoms with Gasteiger partial charge in [0.1, 0.15) is 6.04 Å². The molecule has 2 N–H and O–H groups in total. The van der Waals surface area contributed by atoms with E-state index in [9.17, 15) is 9.18 Å². The lowest BCUT2D eigenvalue weighted by Gasteiger charge is -2.14. The third-order valence-corrected chi connectivity index (χ3v) is 3.70. The van der Waals surface area contributed by atoms with Crippen LogP contribution in [0.5, 0.6) is 5.75 Å². The van der Waals surface area contributed by atoms with Crippen molar-refractivity contribution < 1.29 is 13.9 Å². The Bertz CT molecular complexity index is 697. The quantitative estimate of drug-likeness (QED) is 0.895. The van der Waals surface area contributed by atoms with E-state index in [0.717, 1.165) is 0 Å². The van der Waals surface area contributed by atoms with Gasteiger partial charge >= 0.3 is 0 Å². The molecule has 0 spiro atoms. The number of methoxy groups -OCH3 is 1. The number of likely N-dealkylation sites (tertiary alicyclic amines) is 1. The third-order valence-electron chi connectivity index (χ3n) is 3.70. The lowest BCUT2D eigenvalue weighted by atomic mass is 10.2. The van der Waals surface area contributed by atoms with Crippen molar-refractivity contribution in [2.24, 2.45) is 0 Å². The third kappa shape index (κ3) is 1.70. The minimum atomic E-state index is -0.500. The summed E-state index contributed by atoms with van der Waals surface area (Å²) in [5, 5.41) is 0. The average Bonchev–Trinajstić information content (AvgIpc) is 2.89. The molecule has 1 aliphatic rings. The van der Waals surface area contributed by atoms with Gasteiger partial charge in [0.15, 0.2) is 11.6 Å². The maximum absolute atomic E-state index is 13.7. The van der Waals surface area contributed by atoms with E-state index >= 15 is 0 Å². The summed E-state index contributed by atoms with van der Waals surface area (Å²) in [6.45, 7) is 0.668. The van der Waals surface area contributed by atoms with Crippen LogP contribution in [0, 0.1) is 5.82 Å². The lowest BCUT2D eigenvalue weighted by molar-refractivity contribution is -0.129. The second-order valence-electron chi connectivity index (χ2n) is 4.88. The Morgan fingerprint density at radius 1 is 1.50 bits per heavy atom. The van der Waals surface area contributed by atoms with Gasteiger partial charge in [0.05, 0.1) is 18.1 Å². The van der Waals surface area contributed by atoms with E-state index in [1.807, 2.05) is 0 Å². The van der Waals surface area contributed by atoms with Crippen LogP contribution in [-0.2, 0) is 4.79 Å². The molecule has 1 amide bonds. The molecule has 2 heterocycles. The fourth-order valence-corrected chi connectivity index (χ4v) is 2.64. The Balaban J connectivity index is 2.20. The Morgan fingerprint density at radius 2 is 2.25 bits per heavy atom. The molecule has 1 aromatic carbocycles. The van der Waals surface area contributed by atoms with Crippen LogP contribution in [0.15, 0.2) is 12.1 Å². The van der Waals surface area contributed by atoms with Crippen molar-refractivity contribution in [3.63, 3.8) is 0 Å². The lowest BCUT2D eigenvalue weighted by Crippen LogP contribution is -2.25. The number of hydrogen-bond acceptors (Lipinski definition) is 4. The zero-order chi connectivity index (χ0) is 14.4. The SMILES string of the molecule is COc1cc2c(cc1F)nc(N)n2C1CCN(C)C1=O. The number of halogens is 1. The number of benzene rings is 1. The van der Waals surface area contributed by atoms with Crippen molar-refractivity contribution in [3.8, 4) is 5.75 Å². The number of nitrogen functional groups attached to an aromatic ring is 1. The Kier molecular flexibility index (Phi) is 2.77. The number of ether oxygens (including phenoxy) is 1. The van der Waals surface area contributed by atoms with Gasteiger partial charge in [0.25, 0.3) is 0 Å². The summed E-state index contributed by atoms with van der Waals surface area (Å²) in [4.78, 5) is 17.9. The molecule has 1 aliphatic heterocycles.